The molecule has 0 aromatic rings. The lowest BCUT2D eigenvalue weighted by molar-refractivity contribution is -0.301. The predicted molar refractivity (Wildman–Crippen MR) is 82.9 cm³/mol. The van der Waals surface area contributed by atoms with Crippen LogP contribution in [0.5, 0.6) is 0 Å². The molecule has 1 saturated heterocycles. The van der Waals surface area contributed by atoms with Gasteiger partial charge in [0.05, 0.1) is 39.6 Å². The quantitative estimate of drug-likeness (QED) is 0.125. The highest BCUT2D eigenvalue weighted by atomic mass is 31.2. The summed E-state index contributed by atoms with van der Waals surface area (Å²) in [7, 11) is -4.79. The minimum atomic E-state index is -4.79. The lowest BCUT2D eigenvalue weighted by Crippen LogP contribution is -2.59. The Kier molecular flexibility index (Phi) is 10.8. The highest BCUT2D eigenvalue weighted by Crippen LogP contribution is 2.37. The van der Waals surface area contributed by atoms with E-state index in [1.54, 1.807) is 0 Å². The summed E-state index contributed by atoms with van der Waals surface area (Å²) >= 11 is 0. The number of nitrogens with zero attached hydrogens (tertiary/aromatic N) is 1. The standard InChI is InChI=1S/C12H24NO12P/c14-9-8(7-24-26(18,19)20)25-12(11(16)10(9)15)23-6-5-22-4-3-21-2-1-13-17/h8-12,14-16H,1-7H2,(H2,18,19,20). The van der Waals surface area contributed by atoms with Crippen molar-refractivity contribution in [1.29, 1.82) is 0 Å². The van der Waals surface area contributed by atoms with Crippen LogP contribution in [0.25, 0.3) is 0 Å². The number of rotatable bonds is 13. The van der Waals surface area contributed by atoms with Crippen molar-refractivity contribution in [2.24, 2.45) is 5.18 Å². The monoisotopic (exact) mass is 405 g/mol. The molecule has 5 N–H and O–H groups in total. The first-order valence-corrected chi connectivity index (χ1v) is 9.25. The van der Waals surface area contributed by atoms with Gasteiger partial charge < -0.3 is 44.1 Å². The van der Waals surface area contributed by atoms with Gasteiger partial charge in [-0.2, -0.15) is 4.91 Å². The number of aliphatic hydroxyl groups is 3. The summed E-state index contributed by atoms with van der Waals surface area (Å²) in [4.78, 5) is 27.2. The zero-order valence-electron chi connectivity index (χ0n) is 13.8. The van der Waals surface area contributed by atoms with Crippen LogP contribution in [0.4, 0.5) is 0 Å². The average Bonchev–Trinajstić information content (AvgIpc) is 2.58. The number of aliphatic hydroxyl groups excluding tert-OH is 3. The SMILES string of the molecule is O=NCCOCCOCCOC1OC(COP(=O)(O)O)C(O)C(O)C1O. The van der Waals surface area contributed by atoms with Crippen LogP contribution in [-0.2, 0) is 28.0 Å². The second-order valence-electron chi connectivity index (χ2n) is 5.25. The fourth-order valence-electron chi connectivity index (χ4n) is 2.01. The minimum Gasteiger partial charge on any atom is -0.387 e. The lowest BCUT2D eigenvalue weighted by Gasteiger charge is -2.40. The summed E-state index contributed by atoms with van der Waals surface area (Å²) in [6.45, 7) is 0.0985. The first-order valence-electron chi connectivity index (χ1n) is 7.72. The molecule has 0 bridgehead atoms. The van der Waals surface area contributed by atoms with E-state index in [1.165, 1.54) is 0 Å². The molecule has 0 aromatic heterocycles. The molecule has 0 amide bonds. The van der Waals surface area contributed by atoms with Crippen LogP contribution in [0, 0.1) is 4.91 Å². The van der Waals surface area contributed by atoms with E-state index in [0.717, 1.165) is 0 Å². The number of ether oxygens (including phenoxy) is 4. The van der Waals surface area contributed by atoms with Gasteiger partial charge in [0.1, 0.15) is 31.0 Å². The van der Waals surface area contributed by atoms with E-state index in [1.807, 2.05) is 0 Å². The summed E-state index contributed by atoms with van der Waals surface area (Å²) in [5.74, 6) is 0. The molecule has 14 heteroatoms. The summed E-state index contributed by atoms with van der Waals surface area (Å²) in [6.07, 6.45) is -7.51. The lowest BCUT2D eigenvalue weighted by atomic mass is 9.99. The maximum Gasteiger partial charge on any atom is 0.469 e. The molecule has 5 atom stereocenters. The zero-order chi connectivity index (χ0) is 19.6. The van der Waals surface area contributed by atoms with Crippen LogP contribution >= 0.6 is 7.82 Å². The molecular weight excluding hydrogens is 381 g/mol. The molecule has 0 saturated carbocycles. The Morgan fingerprint density at radius 1 is 0.923 bits per heavy atom. The maximum atomic E-state index is 10.7. The number of phosphoric acid groups is 1. The Hall–Kier alpha value is -0.570. The molecule has 0 radical (unpaired) electrons. The summed E-state index contributed by atoms with van der Waals surface area (Å²) < 4.78 is 35.5. The molecule has 0 aliphatic carbocycles. The number of hydrogen-bond acceptors (Lipinski definition) is 11. The van der Waals surface area contributed by atoms with E-state index in [0.29, 0.717) is 0 Å². The molecule has 154 valence electrons. The molecular formula is C12H24NO12P. The van der Waals surface area contributed by atoms with Crippen molar-refractivity contribution in [3.05, 3.63) is 4.91 Å². The third-order valence-corrected chi connectivity index (χ3v) is 3.77. The van der Waals surface area contributed by atoms with Crippen molar-refractivity contribution in [2.75, 3.05) is 46.2 Å². The van der Waals surface area contributed by atoms with Crippen molar-refractivity contribution < 1.29 is 53.1 Å². The average molecular weight is 405 g/mol. The molecule has 0 spiro atoms. The van der Waals surface area contributed by atoms with Crippen LogP contribution in [0.3, 0.4) is 0 Å². The topological polar surface area (TPSA) is 194 Å². The molecule has 5 unspecified atom stereocenters. The Bertz CT molecular complexity index is 448. The van der Waals surface area contributed by atoms with Gasteiger partial charge in [0, 0.05) is 0 Å². The molecule has 1 fully saturated rings. The molecule has 1 aliphatic heterocycles. The van der Waals surface area contributed by atoms with Gasteiger partial charge in [0.15, 0.2) is 6.29 Å². The summed E-state index contributed by atoms with van der Waals surface area (Å²) in [6, 6.07) is 0. The third-order valence-electron chi connectivity index (χ3n) is 3.28. The Morgan fingerprint density at radius 3 is 2.15 bits per heavy atom. The van der Waals surface area contributed by atoms with Gasteiger partial charge >= 0.3 is 7.82 Å². The molecule has 1 heterocycles. The van der Waals surface area contributed by atoms with E-state index in [4.69, 9.17) is 28.7 Å². The van der Waals surface area contributed by atoms with Gasteiger partial charge in [-0.15, -0.1) is 0 Å². The fourth-order valence-corrected chi connectivity index (χ4v) is 2.35. The smallest absolute Gasteiger partial charge is 0.387 e. The van der Waals surface area contributed by atoms with Crippen LogP contribution < -0.4 is 0 Å². The van der Waals surface area contributed by atoms with Gasteiger partial charge in [-0.3, -0.25) is 4.52 Å². The van der Waals surface area contributed by atoms with Crippen LogP contribution in [0.2, 0.25) is 0 Å². The second kappa shape index (κ2) is 12.0. The molecule has 0 aromatic carbocycles. The van der Waals surface area contributed by atoms with Gasteiger partial charge in [-0.05, 0) is 0 Å². The highest BCUT2D eigenvalue weighted by molar-refractivity contribution is 7.46. The molecule has 13 nitrogen and oxygen atoms in total. The van der Waals surface area contributed by atoms with Crippen molar-refractivity contribution in [3.63, 3.8) is 0 Å². The van der Waals surface area contributed by atoms with Crippen LogP contribution in [0.15, 0.2) is 5.18 Å². The van der Waals surface area contributed by atoms with E-state index < -0.39 is 45.1 Å². The first kappa shape index (κ1) is 23.5. The fraction of sp³-hybridized carbons (Fsp3) is 1.00. The maximum absolute atomic E-state index is 10.7. The summed E-state index contributed by atoms with van der Waals surface area (Å²) in [5.41, 5.74) is 0. The highest BCUT2D eigenvalue weighted by Gasteiger charge is 2.44. The van der Waals surface area contributed by atoms with Gasteiger partial charge in [0.25, 0.3) is 0 Å². The predicted octanol–water partition coefficient (Wildman–Crippen LogP) is -2.28. The summed E-state index contributed by atoms with van der Waals surface area (Å²) in [5, 5.41) is 32.0. The Labute approximate surface area is 149 Å². The number of hydrogen-bond donors (Lipinski definition) is 5. The third kappa shape index (κ3) is 8.88. The minimum absolute atomic E-state index is 0.0352. The van der Waals surface area contributed by atoms with E-state index in [2.05, 4.69) is 9.70 Å². The first-order chi connectivity index (χ1) is 12.3. The normalized spacial score (nSPS) is 29.7. The van der Waals surface area contributed by atoms with Gasteiger partial charge in [-0.1, -0.05) is 5.18 Å². The number of nitroso groups, excluding NO2 is 1. The van der Waals surface area contributed by atoms with E-state index in [-0.39, 0.29) is 39.6 Å². The van der Waals surface area contributed by atoms with Crippen molar-refractivity contribution in [3.8, 4) is 0 Å². The molecule has 26 heavy (non-hydrogen) atoms. The molecule has 1 rings (SSSR count). The van der Waals surface area contributed by atoms with E-state index in [9.17, 15) is 24.8 Å². The number of phosphoric ester groups is 1. The molecule has 1 aliphatic rings. The van der Waals surface area contributed by atoms with E-state index >= 15 is 0 Å². The Balaban J connectivity index is 2.29. The van der Waals surface area contributed by atoms with Crippen molar-refractivity contribution >= 4 is 7.82 Å². The van der Waals surface area contributed by atoms with Gasteiger partial charge in [-0.25, -0.2) is 4.57 Å². The van der Waals surface area contributed by atoms with Gasteiger partial charge in [0.2, 0.25) is 0 Å². The zero-order valence-corrected chi connectivity index (χ0v) is 14.7. The Morgan fingerprint density at radius 2 is 1.54 bits per heavy atom. The largest absolute Gasteiger partial charge is 0.469 e. The van der Waals surface area contributed by atoms with Crippen LogP contribution in [0.1, 0.15) is 0 Å². The second-order valence-corrected chi connectivity index (χ2v) is 6.49. The van der Waals surface area contributed by atoms with Crippen LogP contribution in [-0.4, -0.2) is 102 Å². The van der Waals surface area contributed by atoms with Crippen molar-refractivity contribution in [2.45, 2.75) is 30.7 Å². The van der Waals surface area contributed by atoms with Crippen molar-refractivity contribution in [1.82, 2.24) is 0 Å².